The van der Waals surface area contributed by atoms with E-state index in [2.05, 4.69) is 79.7 Å². The van der Waals surface area contributed by atoms with E-state index in [1.807, 2.05) is 60.7 Å². The van der Waals surface area contributed by atoms with E-state index >= 15 is 0 Å². The second-order valence-corrected chi connectivity index (χ2v) is 42.2. The Labute approximate surface area is 807 Å². The van der Waals surface area contributed by atoms with Crippen molar-refractivity contribution in [2.75, 3.05) is 74.9 Å². The Hall–Kier alpha value is -11.6. The van der Waals surface area contributed by atoms with Crippen molar-refractivity contribution in [3.63, 3.8) is 0 Å². The number of fused-ring (bicyclic) bond motifs is 5. The number of anilines is 5. The Morgan fingerprint density at radius 2 is 0.648 bits per heavy atom. The van der Waals surface area contributed by atoms with Crippen molar-refractivity contribution in [3.05, 3.63) is 184 Å². The summed E-state index contributed by atoms with van der Waals surface area (Å²) in [4.78, 5) is 204. The van der Waals surface area contributed by atoms with Crippen LogP contribution in [0.25, 0.3) is 55.8 Å². The molecule has 6 aliphatic heterocycles. The minimum Gasteiger partial charge on any atom is -0.390 e. The van der Waals surface area contributed by atoms with Crippen LogP contribution in [-0.4, -0.2) is 261 Å². The van der Waals surface area contributed by atoms with Gasteiger partial charge >= 0.3 is 52.6 Å². The molecule has 2 aromatic carbocycles. The number of aromatic nitrogens is 22. The lowest BCUT2D eigenvalue weighted by atomic mass is 9.89. The number of nitrogens with zero attached hydrogens (tertiary/aromatic N) is 17. The van der Waals surface area contributed by atoms with Gasteiger partial charge in [-0.15, -0.1) is 0 Å². The summed E-state index contributed by atoms with van der Waals surface area (Å²) in [5.74, 6) is -1.85. The highest BCUT2D eigenvalue weighted by Gasteiger charge is 2.53. The number of H-pyrrole nitrogens is 5. The molecule has 24 atom stereocenters. The molecule has 64 nitrogen and oxygen atoms in total. The van der Waals surface area contributed by atoms with E-state index in [0.717, 1.165) is 60.9 Å². The largest absolute Gasteiger partial charge is 0.472 e. The van der Waals surface area contributed by atoms with Crippen molar-refractivity contribution in [1.82, 2.24) is 107 Å². The smallest absolute Gasteiger partial charge is 0.390 e. The molecule has 6 saturated heterocycles. The molecule has 6 unspecified atom stereocenters. The monoisotopic (exact) mass is 2150 g/mol. The predicted molar refractivity (Wildman–Crippen MR) is 488 cm³/mol. The van der Waals surface area contributed by atoms with Gasteiger partial charge < -0.3 is 91.6 Å². The minimum atomic E-state index is -5.73. The molecule has 22 N–H and O–H groups in total. The van der Waals surface area contributed by atoms with Gasteiger partial charge in [0.15, 0.2) is 56.1 Å². The SMILES string of the molecule is Cc1cn([C@H]2C[C@H](OP(=O)(O)OC[C@H]3O[C@@H](n4cnc5c(=O)[nH]c(N)nc54)C[C@@H]3OP(=O)(O)OC[C@H]3O[C@@H](n4cnc5c(=O)[nH]c(N)nc54)C[C@@H]3OP(=O)(O)OC[C@H]3O[C@@H](n4cnc5c(=O)[nH]c(N)nc54)C[C@@H]3OP(=O)(O)OC[C@H]3O[C@@H](n4cnc5c(N)ncnc54)C[C@@H]3OP(=O)(O)OC[C@H]3O[C@@H](n4cnc5c(=O)[nH]c(N)nc54)C[C@@H]3O)[C@@H](COP(=O)(O)OCCC(c3ccccc3)c3ccccc3)O2)c(=O)[nH]c1=O. The minimum absolute atomic E-state index is 0.00428. The van der Waals surface area contributed by atoms with Gasteiger partial charge in [0.1, 0.15) is 116 Å². The second-order valence-electron chi connectivity index (χ2n) is 33.7. The number of aliphatic hydroxyl groups is 1. The Balaban J connectivity index is 0.545. The Morgan fingerprint density at radius 1 is 0.359 bits per heavy atom. The molecule has 13 aromatic rings. The van der Waals surface area contributed by atoms with Gasteiger partial charge in [0.05, 0.1) is 84.0 Å². The van der Waals surface area contributed by atoms with Crippen molar-refractivity contribution in [1.29, 1.82) is 0 Å². The molecule has 0 saturated carbocycles. The maximum Gasteiger partial charge on any atom is 0.472 e. The number of aliphatic hydroxyl groups excluding tert-OH is 1. The molecule has 145 heavy (non-hydrogen) atoms. The van der Waals surface area contributed by atoms with Gasteiger partial charge in [-0.25, -0.2) is 67.1 Å². The predicted octanol–water partition coefficient (Wildman–Crippen LogP) is 1.08. The Bertz CT molecular complexity index is 7700. The molecule has 776 valence electrons. The molecule has 0 spiro atoms. The lowest BCUT2D eigenvalue weighted by Gasteiger charge is -2.26. The van der Waals surface area contributed by atoms with Crippen LogP contribution < -0.4 is 62.2 Å². The Kier molecular flexibility index (Phi) is 28.8. The summed E-state index contributed by atoms with van der Waals surface area (Å²) >= 11 is 0. The van der Waals surface area contributed by atoms with Gasteiger partial charge in [-0.3, -0.25) is 131 Å². The molecule has 0 radical (unpaired) electrons. The van der Waals surface area contributed by atoms with Crippen LogP contribution in [0.15, 0.2) is 134 Å². The van der Waals surface area contributed by atoms with Crippen molar-refractivity contribution in [2.45, 2.75) is 168 Å². The van der Waals surface area contributed by atoms with Crippen molar-refractivity contribution < 1.29 is 145 Å². The number of nitrogens with one attached hydrogen (secondary N) is 5. The molecule has 70 heteroatoms. The number of nitrogens with two attached hydrogens (primary N) is 5. The highest BCUT2D eigenvalue weighted by atomic mass is 31.2. The number of aryl methyl sites for hydroxylation is 1. The third-order valence-corrected chi connectivity index (χ3v) is 30.2. The fourth-order valence-corrected chi connectivity index (χ4v) is 23.0. The van der Waals surface area contributed by atoms with E-state index < -0.39 is 274 Å². The van der Waals surface area contributed by atoms with Crippen molar-refractivity contribution >= 4 is 132 Å². The molecule has 0 aliphatic carbocycles. The average molecular weight is 2150 g/mol. The summed E-state index contributed by atoms with van der Waals surface area (Å²) in [7, 11) is -33.0. The summed E-state index contributed by atoms with van der Waals surface area (Å²) in [6, 6.07) is 18.5. The molecule has 0 amide bonds. The average Bonchev–Trinajstić information content (AvgIpc) is 1.62. The van der Waals surface area contributed by atoms with E-state index in [4.69, 9.17) is 111 Å². The first-order chi connectivity index (χ1) is 69.0. The zero-order valence-electron chi connectivity index (χ0n) is 74.7. The molecule has 6 aliphatic rings. The number of aromatic amines is 5. The van der Waals surface area contributed by atoms with E-state index in [1.165, 1.54) is 28.7 Å². The number of ether oxygens (including phenoxy) is 6. The van der Waals surface area contributed by atoms with Gasteiger partial charge in [0.25, 0.3) is 27.8 Å². The van der Waals surface area contributed by atoms with E-state index in [1.54, 1.807) is 0 Å². The van der Waals surface area contributed by atoms with Gasteiger partial charge in [0.2, 0.25) is 23.8 Å². The topological polar surface area (TPSA) is 893 Å². The van der Waals surface area contributed by atoms with E-state index in [9.17, 15) is 90.6 Å². The number of rotatable bonds is 40. The number of hydrogen-bond donors (Lipinski definition) is 17. The summed E-state index contributed by atoms with van der Waals surface area (Å²) < 4.78 is 198. The number of nitrogen functional groups attached to an aromatic ring is 5. The van der Waals surface area contributed by atoms with Crippen LogP contribution >= 0.6 is 46.9 Å². The lowest BCUT2D eigenvalue weighted by Crippen LogP contribution is -2.33. The highest BCUT2D eigenvalue weighted by molar-refractivity contribution is 7.48. The fraction of sp³-hybridized carbons (Fsp3) is 0.453. The lowest BCUT2D eigenvalue weighted by molar-refractivity contribution is -0.0639. The molecule has 0 bridgehead atoms. The van der Waals surface area contributed by atoms with Gasteiger partial charge in [-0.05, 0) is 24.5 Å². The first kappa shape index (κ1) is 102. The summed E-state index contributed by atoms with van der Waals surface area (Å²) in [5.41, 5.74) is 25.1. The maximum absolute atomic E-state index is 14.8. The standard InChI is InChI=1S/C75H89N27O37P6/c1-33-20-97(75(109)96-66(33)104)50-15-38(44(130-50)22-123-140(110,111)122-13-12-36(34-8-4-2-5-9-34)35-10-6-3-7-11-35)135-142(114,115)126-24-46-40(17-52(132-46)100-30-85-57-63(100)89-72(78)93-68(57)106)138-144(118,119)128-26-48-42(19-54(134-48)102-32-87-59-65(102)91-74(80)95-70(59)108)139-145(120,121)127-25-47-41(18-53(133-47)101-31-86-58-64(101)90-73(79)94-69(58)107)137-143(116,117)125-23-45-39(16-51(131-45)98-28-83-55-60(76)81-27-82-61(55)98)136-141(112,113)124-21-43-37(103)14-49(129-43)99-29-84-56-62(99)88-71(77)92-67(56)105/h2-11,20,27-32,36-54,103H,12-19,21-26H2,1H3,(H,110,111)(H,112,113)(H,114,115)(H,116,117)(H,118,119)(H,120,121)(H2,76,81,82)(H,96,104,109)(H3,77,88,92,105)(H3,78,89,93,106)(H3,79,90,94,107)(H3,80,91,95,108)/t37-,38-,39-,40-,41-,42-,43+,44+,45+,46+,47+,48+,49+,50+,51+,52+,53+,54+/m0/s1. The highest BCUT2D eigenvalue weighted by Crippen LogP contribution is 2.58. The maximum atomic E-state index is 14.8. The van der Waals surface area contributed by atoms with Crippen LogP contribution in [0, 0.1) is 6.92 Å². The zero-order valence-corrected chi connectivity index (χ0v) is 80.1. The number of imidazole rings is 5. The molecule has 11 aromatic heterocycles. The normalized spacial score (nSPS) is 27.2. The Morgan fingerprint density at radius 3 is 0.986 bits per heavy atom. The second kappa shape index (κ2) is 40.9. The molecule has 19 rings (SSSR count). The molecular weight excluding hydrogens is 2060 g/mol. The van der Waals surface area contributed by atoms with Crippen molar-refractivity contribution in [2.24, 2.45) is 0 Å². The van der Waals surface area contributed by atoms with Crippen LogP contribution in [-0.2, 0) is 110 Å². The van der Waals surface area contributed by atoms with Gasteiger partial charge in [-0.1, -0.05) is 60.7 Å². The van der Waals surface area contributed by atoms with Crippen LogP contribution in [0.2, 0.25) is 0 Å². The first-order valence-corrected chi connectivity index (χ1v) is 52.7. The van der Waals surface area contributed by atoms with Crippen molar-refractivity contribution in [3.8, 4) is 0 Å². The molecular formula is C75H89N27O37P6. The number of phosphoric ester groups is 6. The van der Waals surface area contributed by atoms with Crippen LogP contribution in [0.1, 0.15) is 105 Å². The number of benzene rings is 2. The van der Waals surface area contributed by atoms with Gasteiger partial charge in [-0.2, -0.15) is 19.9 Å². The van der Waals surface area contributed by atoms with Crippen LogP contribution in [0.4, 0.5) is 29.6 Å². The number of phosphoric acid groups is 6. The quantitative estimate of drug-likeness (QED) is 0.0239. The summed E-state index contributed by atoms with van der Waals surface area (Å²) in [5, 5.41) is 11.1. The van der Waals surface area contributed by atoms with Crippen LogP contribution in [0.5, 0.6) is 0 Å². The zero-order chi connectivity index (χ0) is 102. The molecule has 6 fully saturated rings. The number of hydrogen-bond acceptors (Lipinski definition) is 47. The van der Waals surface area contributed by atoms with E-state index in [-0.39, 0.29) is 105 Å². The summed E-state index contributed by atoms with van der Waals surface area (Å²) in [6.07, 6.45) is -23.0. The van der Waals surface area contributed by atoms with E-state index in [0.29, 0.717) is 0 Å². The third-order valence-electron chi connectivity index (χ3n) is 24.1. The van der Waals surface area contributed by atoms with Crippen LogP contribution in [0.3, 0.4) is 0 Å². The first-order valence-electron chi connectivity index (χ1n) is 43.7. The third kappa shape index (κ3) is 22.7. The molecule has 17 heterocycles. The fourth-order valence-electron chi connectivity index (χ4n) is 17.4. The van der Waals surface area contributed by atoms with Gasteiger partial charge in [0, 0.05) is 56.2 Å². The summed E-state index contributed by atoms with van der Waals surface area (Å²) in [6.45, 7) is -5.18.